The Hall–Kier alpha value is -0.310. The highest BCUT2D eigenvalue weighted by atomic mass is 35.5. The number of allylic oxidation sites excluding steroid dienone is 2. The van der Waals surface area contributed by atoms with Crippen LogP contribution in [0.2, 0.25) is 0 Å². The fraction of sp³-hybridized carbons (Fsp3) is 0.500. The molecule has 0 aromatic rings. The zero-order chi connectivity index (χ0) is 7.47. The van der Waals surface area contributed by atoms with Crippen LogP contribution >= 0.6 is 11.6 Å². The van der Waals surface area contributed by atoms with E-state index in [4.69, 9.17) is 21.1 Å². The highest BCUT2D eigenvalue weighted by Gasteiger charge is 2.68. The van der Waals surface area contributed by atoms with Gasteiger partial charge in [-0.05, 0) is 6.08 Å². The SMILES string of the molecule is ClC1OC1C12C=CC=CC1O2. The Morgan fingerprint density at radius 1 is 1.36 bits per heavy atom. The minimum atomic E-state index is -0.193. The van der Waals surface area contributed by atoms with Crippen LogP contribution in [-0.4, -0.2) is 23.4 Å². The van der Waals surface area contributed by atoms with Gasteiger partial charge in [-0.1, -0.05) is 29.8 Å². The topological polar surface area (TPSA) is 25.1 Å². The highest BCUT2D eigenvalue weighted by molar-refractivity contribution is 6.21. The standard InChI is InChI=1S/C8H7ClO2/c9-7-6(10-7)8-4-2-1-3-5(8)11-8/h1-7H. The van der Waals surface area contributed by atoms with Crippen LogP contribution in [-0.2, 0) is 9.47 Å². The molecule has 3 aliphatic rings. The van der Waals surface area contributed by atoms with E-state index >= 15 is 0 Å². The first kappa shape index (κ1) is 6.23. The number of ether oxygens (including phenoxy) is 2. The Balaban J connectivity index is 1.89. The summed E-state index contributed by atoms with van der Waals surface area (Å²) in [4.78, 5) is 0. The molecule has 11 heavy (non-hydrogen) atoms. The quantitative estimate of drug-likeness (QED) is 0.437. The second-order valence-electron chi connectivity index (χ2n) is 3.04. The Morgan fingerprint density at radius 3 is 2.82 bits per heavy atom. The molecule has 2 heterocycles. The van der Waals surface area contributed by atoms with Gasteiger partial charge in [0, 0.05) is 0 Å². The van der Waals surface area contributed by atoms with Crippen molar-refractivity contribution < 1.29 is 9.47 Å². The lowest BCUT2D eigenvalue weighted by Crippen LogP contribution is -2.21. The zero-order valence-electron chi connectivity index (χ0n) is 5.74. The molecule has 0 amide bonds. The maximum absolute atomic E-state index is 5.74. The van der Waals surface area contributed by atoms with Crippen molar-refractivity contribution in [3.8, 4) is 0 Å². The third kappa shape index (κ3) is 0.696. The molecule has 2 fully saturated rings. The lowest BCUT2D eigenvalue weighted by atomic mass is 9.97. The van der Waals surface area contributed by atoms with Crippen molar-refractivity contribution in [3.63, 3.8) is 0 Å². The summed E-state index contributed by atoms with van der Waals surface area (Å²) in [5, 5.41) is 0. The van der Waals surface area contributed by atoms with E-state index in [0.717, 1.165) is 0 Å². The molecule has 0 bridgehead atoms. The van der Waals surface area contributed by atoms with E-state index in [1.165, 1.54) is 0 Å². The summed E-state index contributed by atoms with van der Waals surface area (Å²) in [7, 11) is 0. The maximum Gasteiger partial charge on any atom is 0.161 e. The van der Waals surface area contributed by atoms with E-state index in [1.54, 1.807) is 0 Å². The van der Waals surface area contributed by atoms with Gasteiger partial charge in [-0.2, -0.15) is 0 Å². The Kier molecular flexibility index (Phi) is 0.969. The largest absolute Gasteiger partial charge is 0.354 e. The summed E-state index contributed by atoms with van der Waals surface area (Å²) in [5.41, 5.74) is -0.336. The summed E-state index contributed by atoms with van der Waals surface area (Å²) >= 11 is 5.74. The summed E-state index contributed by atoms with van der Waals surface area (Å²) in [6.45, 7) is 0. The van der Waals surface area contributed by atoms with Gasteiger partial charge in [0.05, 0.1) is 0 Å². The molecule has 0 spiro atoms. The molecule has 0 aromatic carbocycles. The maximum atomic E-state index is 5.74. The summed E-state index contributed by atoms with van der Waals surface area (Å²) in [6.07, 6.45) is 8.32. The molecule has 2 aliphatic heterocycles. The first-order valence-electron chi connectivity index (χ1n) is 3.66. The number of fused-ring (bicyclic) bond motifs is 1. The average molecular weight is 171 g/mol. The molecular formula is C8H7ClO2. The number of hydrogen-bond donors (Lipinski definition) is 0. The molecule has 0 aromatic heterocycles. The van der Waals surface area contributed by atoms with Gasteiger partial charge in [-0.15, -0.1) is 0 Å². The molecule has 3 rings (SSSR count). The predicted molar refractivity (Wildman–Crippen MR) is 40.4 cm³/mol. The van der Waals surface area contributed by atoms with Crippen LogP contribution in [0.5, 0.6) is 0 Å². The monoisotopic (exact) mass is 170 g/mol. The van der Waals surface area contributed by atoms with Gasteiger partial charge < -0.3 is 9.47 Å². The van der Waals surface area contributed by atoms with Gasteiger partial charge >= 0.3 is 0 Å². The molecule has 4 atom stereocenters. The molecule has 0 saturated carbocycles. The third-order valence-electron chi connectivity index (χ3n) is 2.35. The van der Waals surface area contributed by atoms with Crippen molar-refractivity contribution in [3.05, 3.63) is 24.3 Å². The van der Waals surface area contributed by atoms with Crippen molar-refractivity contribution in [2.45, 2.75) is 23.4 Å². The fourth-order valence-electron chi connectivity index (χ4n) is 1.61. The van der Waals surface area contributed by atoms with E-state index in [9.17, 15) is 0 Å². The van der Waals surface area contributed by atoms with Gasteiger partial charge in [-0.25, -0.2) is 0 Å². The predicted octanol–water partition coefficient (Wildman–Crippen LogP) is 1.21. The van der Waals surface area contributed by atoms with Crippen LogP contribution < -0.4 is 0 Å². The molecule has 0 radical (unpaired) electrons. The van der Waals surface area contributed by atoms with Crippen molar-refractivity contribution in [2.75, 3.05) is 0 Å². The van der Waals surface area contributed by atoms with E-state index < -0.39 is 0 Å². The summed E-state index contributed by atoms with van der Waals surface area (Å²) in [5.74, 6) is 0. The molecule has 0 N–H and O–H groups in total. The molecule has 1 aliphatic carbocycles. The van der Waals surface area contributed by atoms with Gasteiger partial charge in [0.25, 0.3) is 0 Å². The van der Waals surface area contributed by atoms with Crippen molar-refractivity contribution in [1.82, 2.24) is 0 Å². The molecule has 4 unspecified atom stereocenters. The van der Waals surface area contributed by atoms with E-state index in [2.05, 4.69) is 0 Å². The van der Waals surface area contributed by atoms with Gasteiger partial charge in [0.1, 0.15) is 17.8 Å². The van der Waals surface area contributed by atoms with Crippen LogP contribution in [0.25, 0.3) is 0 Å². The molecule has 2 saturated heterocycles. The zero-order valence-corrected chi connectivity index (χ0v) is 6.49. The van der Waals surface area contributed by atoms with Crippen LogP contribution in [0.1, 0.15) is 0 Å². The lowest BCUT2D eigenvalue weighted by Gasteiger charge is -2.02. The minimum absolute atomic E-state index is 0.0790. The van der Waals surface area contributed by atoms with E-state index in [0.29, 0.717) is 0 Å². The van der Waals surface area contributed by atoms with Crippen LogP contribution in [0, 0.1) is 0 Å². The molecule has 2 nitrogen and oxygen atoms in total. The van der Waals surface area contributed by atoms with Gasteiger partial charge in [0.2, 0.25) is 0 Å². The number of epoxide rings is 2. The Morgan fingerprint density at radius 2 is 2.18 bits per heavy atom. The van der Waals surface area contributed by atoms with E-state index in [1.807, 2.05) is 24.3 Å². The fourth-order valence-corrected chi connectivity index (χ4v) is 1.92. The molecule has 58 valence electrons. The normalized spacial score (nSPS) is 57.4. The average Bonchev–Trinajstić information content (AvgIpc) is 2.82. The van der Waals surface area contributed by atoms with E-state index in [-0.39, 0.29) is 23.4 Å². The number of hydrogen-bond acceptors (Lipinski definition) is 2. The number of halogens is 1. The van der Waals surface area contributed by atoms with Crippen molar-refractivity contribution in [1.29, 1.82) is 0 Å². The first-order chi connectivity index (χ1) is 5.33. The second-order valence-corrected chi connectivity index (χ2v) is 3.47. The Bertz CT molecular complexity index is 261. The number of alkyl halides is 1. The Labute approximate surface area is 69.4 Å². The van der Waals surface area contributed by atoms with Gasteiger partial charge in [-0.3, -0.25) is 0 Å². The molecular weight excluding hydrogens is 164 g/mol. The summed E-state index contributed by atoms with van der Waals surface area (Å²) in [6, 6.07) is 0. The second kappa shape index (κ2) is 1.71. The highest BCUT2D eigenvalue weighted by Crippen LogP contribution is 2.52. The smallest absolute Gasteiger partial charge is 0.161 e. The van der Waals surface area contributed by atoms with Crippen LogP contribution in [0.15, 0.2) is 24.3 Å². The van der Waals surface area contributed by atoms with Crippen molar-refractivity contribution >= 4 is 11.6 Å². The minimum Gasteiger partial charge on any atom is -0.354 e. The summed E-state index contributed by atoms with van der Waals surface area (Å²) < 4.78 is 10.6. The third-order valence-corrected chi connectivity index (χ3v) is 2.69. The first-order valence-corrected chi connectivity index (χ1v) is 4.10. The van der Waals surface area contributed by atoms with Crippen LogP contribution in [0.4, 0.5) is 0 Å². The lowest BCUT2D eigenvalue weighted by molar-refractivity contribution is 0.272. The van der Waals surface area contributed by atoms with Gasteiger partial charge in [0.15, 0.2) is 5.56 Å². The van der Waals surface area contributed by atoms with Crippen LogP contribution in [0.3, 0.4) is 0 Å². The van der Waals surface area contributed by atoms with Crippen molar-refractivity contribution in [2.24, 2.45) is 0 Å². The number of rotatable bonds is 1. The molecule has 3 heteroatoms.